The minimum absolute atomic E-state index is 0.421. The molecule has 96 valence electrons. The molecule has 0 aliphatic heterocycles. The molecule has 0 bridgehead atoms. The van der Waals surface area contributed by atoms with Crippen LogP contribution in [0.15, 0.2) is 40.2 Å². The number of hydrogen-bond acceptors (Lipinski definition) is 2. The zero-order valence-corrected chi connectivity index (χ0v) is 13.1. The van der Waals surface area contributed by atoms with Crippen molar-refractivity contribution in [3.05, 3.63) is 56.2 Å². The fraction of sp³-hybridized carbons (Fsp3) is 0.333. The van der Waals surface area contributed by atoms with Gasteiger partial charge in [0.25, 0.3) is 0 Å². The number of thiophene rings is 1. The Hall–Kier alpha value is -0.640. The van der Waals surface area contributed by atoms with Crippen molar-refractivity contribution in [2.45, 2.75) is 25.8 Å². The van der Waals surface area contributed by atoms with Gasteiger partial charge in [0.1, 0.15) is 0 Å². The molecular weight excluding hydrogens is 306 g/mol. The van der Waals surface area contributed by atoms with Crippen LogP contribution in [0.25, 0.3) is 0 Å². The summed E-state index contributed by atoms with van der Waals surface area (Å²) in [5.74, 6) is 0. The second-order valence-corrected chi connectivity index (χ2v) is 6.41. The van der Waals surface area contributed by atoms with E-state index in [4.69, 9.17) is 0 Å². The molecule has 0 amide bonds. The van der Waals surface area contributed by atoms with Crippen LogP contribution in [-0.4, -0.2) is 7.05 Å². The Kier molecular flexibility index (Phi) is 4.98. The molecule has 1 aromatic carbocycles. The minimum atomic E-state index is 0.421. The largest absolute Gasteiger partial charge is 0.313 e. The number of aryl methyl sites for hydroxylation is 2. The summed E-state index contributed by atoms with van der Waals surface area (Å²) in [6, 6.07) is 11.3. The van der Waals surface area contributed by atoms with Crippen molar-refractivity contribution in [2.75, 3.05) is 7.05 Å². The number of hydrogen-bond donors (Lipinski definition) is 1. The molecule has 1 aromatic heterocycles. The summed E-state index contributed by atoms with van der Waals surface area (Å²) in [6.07, 6.45) is 2.27. The summed E-state index contributed by atoms with van der Waals surface area (Å²) in [5.41, 5.74) is 2.74. The Balaban J connectivity index is 2.10. The van der Waals surface area contributed by atoms with Gasteiger partial charge in [-0.2, -0.15) is 0 Å². The van der Waals surface area contributed by atoms with Crippen LogP contribution in [-0.2, 0) is 6.42 Å². The maximum Gasteiger partial charge on any atom is 0.0324 e. The lowest BCUT2D eigenvalue weighted by molar-refractivity contribution is 0.548. The van der Waals surface area contributed by atoms with Gasteiger partial charge in [0.05, 0.1) is 0 Å². The summed E-state index contributed by atoms with van der Waals surface area (Å²) >= 11 is 5.40. The van der Waals surface area contributed by atoms with E-state index in [1.807, 2.05) is 18.4 Å². The van der Waals surface area contributed by atoms with Gasteiger partial charge in [-0.15, -0.1) is 11.3 Å². The van der Waals surface area contributed by atoms with Crippen molar-refractivity contribution in [1.29, 1.82) is 0 Å². The zero-order valence-electron chi connectivity index (χ0n) is 10.7. The van der Waals surface area contributed by atoms with E-state index < -0.39 is 0 Å². The lowest BCUT2D eigenvalue weighted by Gasteiger charge is -2.19. The van der Waals surface area contributed by atoms with Crippen LogP contribution in [0.5, 0.6) is 0 Å². The highest BCUT2D eigenvalue weighted by atomic mass is 79.9. The van der Waals surface area contributed by atoms with Crippen molar-refractivity contribution < 1.29 is 0 Å². The van der Waals surface area contributed by atoms with Crippen LogP contribution in [0.1, 0.15) is 28.5 Å². The third-order valence-electron chi connectivity index (χ3n) is 3.22. The van der Waals surface area contributed by atoms with Crippen molar-refractivity contribution in [3.63, 3.8) is 0 Å². The summed E-state index contributed by atoms with van der Waals surface area (Å²) in [6.45, 7) is 2.18. The molecule has 1 nitrogen and oxygen atoms in total. The lowest BCUT2D eigenvalue weighted by atomic mass is 9.97. The van der Waals surface area contributed by atoms with Crippen molar-refractivity contribution in [3.8, 4) is 0 Å². The smallest absolute Gasteiger partial charge is 0.0324 e. The van der Waals surface area contributed by atoms with E-state index >= 15 is 0 Å². The summed E-state index contributed by atoms with van der Waals surface area (Å²) in [7, 11) is 2.04. The lowest BCUT2D eigenvalue weighted by Crippen LogP contribution is -2.18. The maximum atomic E-state index is 3.56. The zero-order chi connectivity index (χ0) is 13.0. The SMILES string of the molecule is CNC(CCc1cccs1)c1cc(Br)ccc1C. The predicted octanol–water partition coefficient (Wildman–Crippen LogP) is 4.71. The molecule has 0 radical (unpaired) electrons. The molecule has 18 heavy (non-hydrogen) atoms. The van der Waals surface area contributed by atoms with Gasteiger partial charge in [0.15, 0.2) is 0 Å². The Labute approximate surface area is 121 Å². The van der Waals surface area contributed by atoms with Crippen LogP contribution in [0, 0.1) is 6.92 Å². The van der Waals surface area contributed by atoms with E-state index in [0.717, 1.165) is 17.3 Å². The van der Waals surface area contributed by atoms with Crippen molar-refractivity contribution in [1.82, 2.24) is 5.32 Å². The van der Waals surface area contributed by atoms with E-state index in [0.29, 0.717) is 6.04 Å². The fourth-order valence-corrected chi connectivity index (χ4v) is 3.29. The highest BCUT2D eigenvalue weighted by Crippen LogP contribution is 2.26. The van der Waals surface area contributed by atoms with Gasteiger partial charge < -0.3 is 5.32 Å². The van der Waals surface area contributed by atoms with Crippen LogP contribution in [0.4, 0.5) is 0 Å². The summed E-state index contributed by atoms with van der Waals surface area (Å²) in [5, 5.41) is 5.58. The van der Waals surface area contributed by atoms with Crippen LogP contribution >= 0.6 is 27.3 Å². The molecule has 1 atom stereocenters. The molecule has 1 heterocycles. The summed E-state index contributed by atoms with van der Waals surface area (Å²) in [4.78, 5) is 1.46. The number of rotatable bonds is 5. The van der Waals surface area contributed by atoms with E-state index in [1.165, 1.54) is 16.0 Å². The number of halogens is 1. The molecular formula is C15H18BrNS. The molecule has 0 spiro atoms. The van der Waals surface area contributed by atoms with Crippen LogP contribution < -0.4 is 5.32 Å². The second-order valence-electron chi connectivity index (χ2n) is 4.46. The van der Waals surface area contributed by atoms with E-state index in [2.05, 4.69) is 63.9 Å². The Morgan fingerprint density at radius 3 is 2.83 bits per heavy atom. The van der Waals surface area contributed by atoms with E-state index in [-0.39, 0.29) is 0 Å². The Bertz CT molecular complexity index is 493. The number of benzene rings is 1. The topological polar surface area (TPSA) is 12.0 Å². The molecule has 2 rings (SSSR count). The fourth-order valence-electron chi connectivity index (χ4n) is 2.18. The van der Waals surface area contributed by atoms with Crippen LogP contribution in [0.2, 0.25) is 0 Å². The van der Waals surface area contributed by atoms with Gasteiger partial charge in [-0.1, -0.05) is 28.1 Å². The number of nitrogens with one attached hydrogen (secondary N) is 1. The highest BCUT2D eigenvalue weighted by Gasteiger charge is 2.12. The monoisotopic (exact) mass is 323 g/mol. The first-order valence-corrected chi connectivity index (χ1v) is 7.83. The first-order chi connectivity index (χ1) is 8.70. The molecule has 0 aliphatic carbocycles. The molecule has 0 saturated heterocycles. The molecule has 0 saturated carbocycles. The van der Waals surface area contributed by atoms with Gasteiger partial charge in [0.2, 0.25) is 0 Å². The van der Waals surface area contributed by atoms with Crippen LogP contribution in [0.3, 0.4) is 0 Å². The first-order valence-electron chi connectivity index (χ1n) is 6.16. The minimum Gasteiger partial charge on any atom is -0.313 e. The molecule has 2 aromatic rings. The van der Waals surface area contributed by atoms with Gasteiger partial charge in [0, 0.05) is 15.4 Å². The standard InChI is InChI=1S/C15H18BrNS/c1-11-5-6-12(16)10-14(11)15(17-2)8-7-13-4-3-9-18-13/h3-6,9-10,15,17H,7-8H2,1-2H3. The normalized spacial score (nSPS) is 12.6. The first kappa shape index (κ1) is 13.8. The van der Waals surface area contributed by atoms with Gasteiger partial charge in [-0.25, -0.2) is 0 Å². The van der Waals surface area contributed by atoms with Gasteiger partial charge >= 0.3 is 0 Å². The molecule has 1 N–H and O–H groups in total. The summed E-state index contributed by atoms with van der Waals surface area (Å²) < 4.78 is 1.15. The second kappa shape index (κ2) is 6.50. The third kappa shape index (κ3) is 3.44. The average Bonchev–Trinajstić information content (AvgIpc) is 2.87. The molecule has 0 fully saturated rings. The van der Waals surface area contributed by atoms with Crippen molar-refractivity contribution in [2.24, 2.45) is 0 Å². The highest BCUT2D eigenvalue weighted by molar-refractivity contribution is 9.10. The molecule has 3 heteroatoms. The Morgan fingerprint density at radius 2 is 2.17 bits per heavy atom. The molecule has 1 unspecified atom stereocenters. The Morgan fingerprint density at radius 1 is 1.33 bits per heavy atom. The van der Waals surface area contributed by atoms with Gasteiger partial charge in [-0.05, 0) is 61.5 Å². The van der Waals surface area contributed by atoms with E-state index in [1.54, 1.807) is 0 Å². The maximum absolute atomic E-state index is 3.56. The predicted molar refractivity (Wildman–Crippen MR) is 83.3 cm³/mol. The molecule has 0 aliphatic rings. The van der Waals surface area contributed by atoms with Gasteiger partial charge in [-0.3, -0.25) is 0 Å². The average molecular weight is 324 g/mol. The third-order valence-corrected chi connectivity index (χ3v) is 4.65. The van der Waals surface area contributed by atoms with Crippen molar-refractivity contribution >= 4 is 27.3 Å². The quantitative estimate of drug-likeness (QED) is 0.840. The van der Waals surface area contributed by atoms with E-state index in [9.17, 15) is 0 Å².